The Morgan fingerprint density at radius 2 is 2.50 bits per heavy atom. The molecule has 1 aromatic rings. The van der Waals surface area contributed by atoms with Crippen molar-refractivity contribution < 1.29 is 4.79 Å². The number of carbonyl (C=O) groups excluding carboxylic acids is 1. The van der Waals surface area contributed by atoms with Crippen molar-refractivity contribution in [3.8, 4) is 0 Å². The summed E-state index contributed by atoms with van der Waals surface area (Å²) in [5, 5.41) is 6.89. The summed E-state index contributed by atoms with van der Waals surface area (Å²) in [7, 11) is 0. The predicted molar refractivity (Wildman–Crippen MR) is 49.1 cm³/mol. The van der Waals surface area contributed by atoms with Crippen molar-refractivity contribution >= 4 is 5.91 Å². The number of aromatic nitrogens is 3. The highest BCUT2D eigenvalue weighted by Crippen LogP contribution is 2.18. The maximum atomic E-state index is 11.3. The molecule has 1 fully saturated rings. The van der Waals surface area contributed by atoms with Gasteiger partial charge in [-0.15, -0.1) is 0 Å². The Morgan fingerprint density at radius 3 is 3.07 bits per heavy atom. The minimum Gasteiger partial charge on any atom is -0.352 e. The quantitative estimate of drug-likeness (QED) is 0.646. The van der Waals surface area contributed by atoms with E-state index >= 15 is 0 Å². The van der Waals surface area contributed by atoms with Crippen LogP contribution in [0, 0.1) is 0 Å². The third-order valence-corrected chi connectivity index (χ3v) is 2.01. The van der Waals surface area contributed by atoms with Crippen LogP contribution in [0.5, 0.6) is 0 Å². The van der Waals surface area contributed by atoms with Crippen molar-refractivity contribution in [3.63, 3.8) is 0 Å². The highest BCUT2D eigenvalue weighted by atomic mass is 16.2. The second kappa shape index (κ2) is 3.75. The van der Waals surface area contributed by atoms with Gasteiger partial charge in [-0.1, -0.05) is 0 Å². The zero-order valence-corrected chi connectivity index (χ0v) is 7.81. The van der Waals surface area contributed by atoms with Gasteiger partial charge in [-0.05, 0) is 12.8 Å². The lowest BCUT2D eigenvalue weighted by molar-refractivity contribution is -0.122. The van der Waals surface area contributed by atoms with Gasteiger partial charge in [0.15, 0.2) is 5.82 Å². The monoisotopic (exact) mass is 195 g/mol. The largest absolute Gasteiger partial charge is 0.352 e. The Kier molecular flexibility index (Phi) is 2.45. The van der Waals surface area contributed by atoms with Crippen LogP contribution in [0.2, 0.25) is 0 Å². The third kappa shape index (κ3) is 2.29. The number of nitrogens with one attached hydrogen (secondary N) is 1. The number of amides is 1. The summed E-state index contributed by atoms with van der Waals surface area (Å²) in [6.45, 7) is 0.529. The number of nitrogens with zero attached hydrogens (tertiary/aromatic N) is 3. The van der Waals surface area contributed by atoms with E-state index in [-0.39, 0.29) is 12.5 Å². The van der Waals surface area contributed by atoms with Crippen LogP contribution in [-0.2, 0) is 17.9 Å². The standard InChI is InChI=1S/C8H13N5O/c9-3-7-10-5-13(12-7)4-8(14)11-6-1-2-6/h5-6H,1-4,9H2,(H,11,14). The average Bonchev–Trinajstić information content (AvgIpc) is 2.83. The number of nitrogens with two attached hydrogens (primary N) is 1. The first-order valence-electron chi connectivity index (χ1n) is 4.65. The van der Waals surface area contributed by atoms with E-state index in [1.807, 2.05) is 0 Å². The maximum Gasteiger partial charge on any atom is 0.242 e. The fourth-order valence-electron chi connectivity index (χ4n) is 1.15. The molecule has 2 rings (SSSR count). The normalized spacial score (nSPS) is 15.5. The fourth-order valence-corrected chi connectivity index (χ4v) is 1.15. The molecule has 0 aromatic carbocycles. The lowest BCUT2D eigenvalue weighted by Crippen LogP contribution is -2.29. The van der Waals surface area contributed by atoms with Crippen LogP contribution in [0.1, 0.15) is 18.7 Å². The van der Waals surface area contributed by atoms with Crippen LogP contribution in [0.4, 0.5) is 0 Å². The van der Waals surface area contributed by atoms with Gasteiger partial charge < -0.3 is 11.1 Å². The van der Waals surface area contributed by atoms with Crippen LogP contribution in [-0.4, -0.2) is 26.7 Å². The molecule has 0 bridgehead atoms. The van der Waals surface area contributed by atoms with E-state index in [1.165, 1.54) is 11.0 Å². The topological polar surface area (TPSA) is 85.8 Å². The second-order valence-corrected chi connectivity index (χ2v) is 3.40. The summed E-state index contributed by atoms with van der Waals surface area (Å²) in [5.74, 6) is 0.546. The van der Waals surface area contributed by atoms with Crippen molar-refractivity contribution in [1.82, 2.24) is 20.1 Å². The van der Waals surface area contributed by atoms with E-state index in [1.54, 1.807) is 0 Å². The SMILES string of the molecule is NCc1ncn(CC(=O)NC2CC2)n1. The number of rotatable bonds is 4. The molecular formula is C8H13N5O. The summed E-state index contributed by atoms with van der Waals surface area (Å²) in [5.41, 5.74) is 5.35. The van der Waals surface area contributed by atoms with E-state index in [0.29, 0.717) is 18.4 Å². The van der Waals surface area contributed by atoms with Crippen LogP contribution in [0.3, 0.4) is 0 Å². The second-order valence-electron chi connectivity index (χ2n) is 3.40. The molecule has 3 N–H and O–H groups in total. The van der Waals surface area contributed by atoms with Gasteiger partial charge in [-0.2, -0.15) is 5.10 Å². The van der Waals surface area contributed by atoms with E-state index in [0.717, 1.165) is 12.8 Å². The van der Waals surface area contributed by atoms with E-state index < -0.39 is 0 Å². The number of hydrogen-bond acceptors (Lipinski definition) is 4. The Bertz CT molecular complexity index is 330. The van der Waals surface area contributed by atoms with Crippen molar-refractivity contribution in [2.24, 2.45) is 5.73 Å². The smallest absolute Gasteiger partial charge is 0.242 e. The molecule has 1 aliphatic carbocycles. The van der Waals surface area contributed by atoms with E-state index in [4.69, 9.17) is 5.73 Å². The molecule has 0 radical (unpaired) electrons. The van der Waals surface area contributed by atoms with Gasteiger partial charge in [0.05, 0.1) is 6.54 Å². The molecule has 14 heavy (non-hydrogen) atoms. The summed E-state index contributed by atoms with van der Waals surface area (Å²) in [4.78, 5) is 15.3. The minimum absolute atomic E-state index is 0.0130. The molecule has 0 aliphatic heterocycles. The fraction of sp³-hybridized carbons (Fsp3) is 0.625. The number of carbonyl (C=O) groups is 1. The molecule has 0 spiro atoms. The zero-order chi connectivity index (χ0) is 9.97. The van der Waals surface area contributed by atoms with Gasteiger partial charge in [0.25, 0.3) is 0 Å². The summed E-state index contributed by atoms with van der Waals surface area (Å²) in [6, 6.07) is 0.389. The van der Waals surface area contributed by atoms with Crippen molar-refractivity contribution in [2.75, 3.05) is 0 Å². The lowest BCUT2D eigenvalue weighted by atomic mass is 10.5. The van der Waals surface area contributed by atoms with Gasteiger partial charge in [-0.3, -0.25) is 4.79 Å². The van der Waals surface area contributed by atoms with Crippen molar-refractivity contribution in [1.29, 1.82) is 0 Å². The first-order chi connectivity index (χ1) is 6.78. The summed E-state index contributed by atoms with van der Waals surface area (Å²) in [6.07, 6.45) is 3.71. The van der Waals surface area contributed by atoms with E-state index in [9.17, 15) is 4.79 Å². The molecule has 1 aliphatic rings. The molecule has 0 atom stereocenters. The van der Waals surface area contributed by atoms with Gasteiger partial charge in [-0.25, -0.2) is 9.67 Å². The van der Waals surface area contributed by atoms with Gasteiger partial charge in [0, 0.05) is 6.04 Å². The Labute approximate surface area is 81.5 Å². The average molecular weight is 195 g/mol. The highest BCUT2D eigenvalue weighted by Gasteiger charge is 2.23. The van der Waals surface area contributed by atoms with Crippen LogP contribution in [0.15, 0.2) is 6.33 Å². The molecular weight excluding hydrogens is 182 g/mol. The summed E-state index contributed by atoms with van der Waals surface area (Å²) >= 11 is 0. The first kappa shape index (κ1) is 9.14. The molecule has 0 saturated heterocycles. The molecule has 1 amide bonds. The molecule has 1 aromatic heterocycles. The van der Waals surface area contributed by atoms with E-state index in [2.05, 4.69) is 15.4 Å². The maximum absolute atomic E-state index is 11.3. The van der Waals surface area contributed by atoms with Crippen molar-refractivity contribution in [2.45, 2.75) is 32.0 Å². The summed E-state index contributed by atoms with van der Waals surface area (Å²) < 4.78 is 1.50. The Balaban J connectivity index is 1.85. The van der Waals surface area contributed by atoms with Crippen LogP contribution in [0.25, 0.3) is 0 Å². The van der Waals surface area contributed by atoms with Gasteiger partial charge in [0.1, 0.15) is 12.9 Å². The Hall–Kier alpha value is -1.43. The molecule has 76 valence electrons. The predicted octanol–water partition coefficient (Wildman–Crippen LogP) is -0.985. The molecule has 1 heterocycles. The lowest BCUT2D eigenvalue weighted by Gasteiger charge is -2.01. The van der Waals surface area contributed by atoms with Crippen LogP contribution >= 0.6 is 0 Å². The molecule has 6 nitrogen and oxygen atoms in total. The highest BCUT2D eigenvalue weighted by molar-refractivity contribution is 5.76. The zero-order valence-electron chi connectivity index (χ0n) is 7.81. The molecule has 0 unspecified atom stereocenters. The van der Waals surface area contributed by atoms with Gasteiger partial charge >= 0.3 is 0 Å². The Morgan fingerprint density at radius 1 is 1.71 bits per heavy atom. The van der Waals surface area contributed by atoms with Crippen LogP contribution < -0.4 is 11.1 Å². The third-order valence-electron chi connectivity index (χ3n) is 2.01. The molecule has 6 heteroatoms. The van der Waals surface area contributed by atoms with Crippen molar-refractivity contribution in [3.05, 3.63) is 12.2 Å². The first-order valence-corrected chi connectivity index (χ1v) is 4.65. The number of hydrogen-bond donors (Lipinski definition) is 2. The van der Waals surface area contributed by atoms with Gasteiger partial charge in [0.2, 0.25) is 5.91 Å². The molecule has 1 saturated carbocycles. The minimum atomic E-state index is -0.0130.